The lowest BCUT2D eigenvalue weighted by Crippen LogP contribution is -2.32. The fourth-order valence-electron chi connectivity index (χ4n) is 0.665. The van der Waals surface area contributed by atoms with Crippen LogP contribution in [0.15, 0.2) is 10.2 Å². The third-order valence-corrected chi connectivity index (χ3v) is 1.30. The lowest BCUT2D eigenvalue weighted by molar-refractivity contribution is 0.401. The van der Waals surface area contributed by atoms with Crippen LogP contribution in [-0.2, 0) is 0 Å². The molecule has 9 heavy (non-hydrogen) atoms. The maximum absolute atomic E-state index is 3.75. The fraction of sp³-hybridized carbons (Fsp3) is 0.667. The van der Waals surface area contributed by atoms with Crippen LogP contribution in [0.3, 0.4) is 0 Å². The number of nitrogens with zero attached hydrogens (tertiary/aromatic N) is 3. The van der Waals surface area contributed by atoms with E-state index < -0.39 is 0 Å². The molecular formula is C6H11N3. The van der Waals surface area contributed by atoms with E-state index >= 15 is 0 Å². The maximum atomic E-state index is 3.75. The van der Waals surface area contributed by atoms with Crippen molar-refractivity contribution in [3.8, 4) is 0 Å². The summed E-state index contributed by atoms with van der Waals surface area (Å²) in [5.74, 6) is 0. The summed E-state index contributed by atoms with van der Waals surface area (Å²) in [6, 6.07) is 0.528. The molecule has 1 heterocycles. The van der Waals surface area contributed by atoms with Gasteiger partial charge in [-0.2, -0.15) is 5.10 Å². The third kappa shape index (κ3) is 1.52. The average Bonchev–Trinajstić information content (AvgIpc) is 1.90. The minimum atomic E-state index is 0.528. The Bertz CT molecular complexity index is 137. The summed E-state index contributed by atoms with van der Waals surface area (Å²) in [5.41, 5.74) is 0. The van der Waals surface area contributed by atoms with Crippen LogP contribution < -0.4 is 0 Å². The van der Waals surface area contributed by atoms with Crippen LogP contribution in [0.5, 0.6) is 0 Å². The molecule has 1 aliphatic heterocycles. The molecule has 0 aromatic rings. The normalized spacial score (nSPS) is 17.4. The molecule has 0 radical (unpaired) electrons. The fourth-order valence-corrected chi connectivity index (χ4v) is 0.665. The summed E-state index contributed by atoms with van der Waals surface area (Å²) >= 11 is 0. The number of hydrogen-bond donors (Lipinski definition) is 0. The molecule has 0 amide bonds. The van der Waals surface area contributed by atoms with Crippen LogP contribution in [0.1, 0.15) is 13.8 Å². The van der Waals surface area contributed by atoms with Crippen molar-refractivity contribution < 1.29 is 0 Å². The predicted octanol–water partition coefficient (Wildman–Crippen LogP) is 0.724. The average molecular weight is 125 g/mol. The van der Waals surface area contributed by atoms with Gasteiger partial charge in [0.05, 0.1) is 6.54 Å². The molecule has 3 nitrogen and oxygen atoms in total. The standard InChI is InChI=1S/C6H11N3/c1-6(2)9-4-3-7-8-5-9/h3,5-6H,4H2,1-2H3. The Morgan fingerprint density at radius 1 is 1.44 bits per heavy atom. The van der Waals surface area contributed by atoms with Crippen molar-refractivity contribution in [2.24, 2.45) is 10.2 Å². The van der Waals surface area contributed by atoms with Crippen LogP contribution in [0, 0.1) is 0 Å². The zero-order chi connectivity index (χ0) is 6.69. The quantitative estimate of drug-likeness (QED) is 0.507. The van der Waals surface area contributed by atoms with Crippen molar-refractivity contribution in [2.45, 2.75) is 19.9 Å². The Balaban J connectivity index is 2.46. The Morgan fingerprint density at radius 3 is 2.56 bits per heavy atom. The molecule has 0 saturated heterocycles. The largest absolute Gasteiger partial charge is 0.353 e. The highest BCUT2D eigenvalue weighted by atomic mass is 15.3. The topological polar surface area (TPSA) is 28.0 Å². The molecule has 0 bridgehead atoms. The second-order valence-electron chi connectivity index (χ2n) is 2.32. The Morgan fingerprint density at radius 2 is 2.22 bits per heavy atom. The van der Waals surface area contributed by atoms with E-state index in [4.69, 9.17) is 0 Å². The van der Waals surface area contributed by atoms with Crippen molar-refractivity contribution in [1.82, 2.24) is 4.90 Å². The highest BCUT2D eigenvalue weighted by Gasteiger charge is 2.03. The Labute approximate surface area is 55.1 Å². The zero-order valence-corrected chi connectivity index (χ0v) is 5.78. The molecule has 0 spiro atoms. The molecular weight excluding hydrogens is 114 g/mol. The van der Waals surface area contributed by atoms with E-state index in [0.717, 1.165) is 6.54 Å². The number of hydrogen-bond acceptors (Lipinski definition) is 3. The van der Waals surface area contributed by atoms with Crippen molar-refractivity contribution in [1.29, 1.82) is 0 Å². The lowest BCUT2D eigenvalue weighted by atomic mass is 10.3. The van der Waals surface area contributed by atoms with Gasteiger partial charge in [-0.05, 0) is 13.8 Å². The molecule has 0 aliphatic carbocycles. The van der Waals surface area contributed by atoms with E-state index in [2.05, 4.69) is 29.0 Å². The van der Waals surface area contributed by atoms with Crippen LogP contribution in [0.25, 0.3) is 0 Å². The van der Waals surface area contributed by atoms with E-state index in [1.165, 1.54) is 0 Å². The summed E-state index contributed by atoms with van der Waals surface area (Å²) in [4.78, 5) is 2.12. The first-order chi connectivity index (χ1) is 4.30. The Hall–Kier alpha value is -0.860. The van der Waals surface area contributed by atoms with Crippen LogP contribution in [0.2, 0.25) is 0 Å². The van der Waals surface area contributed by atoms with Gasteiger partial charge in [0.25, 0.3) is 0 Å². The first kappa shape index (κ1) is 6.26. The van der Waals surface area contributed by atoms with Crippen LogP contribution in [0.4, 0.5) is 0 Å². The molecule has 0 N–H and O–H groups in total. The molecule has 3 heteroatoms. The minimum absolute atomic E-state index is 0.528. The predicted molar refractivity (Wildman–Crippen MR) is 38.8 cm³/mol. The second kappa shape index (κ2) is 2.62. The minimum Gasteiger partial charge on any atom is -0.353 e. The van der Waals surface area contributed by atoms with E-state index in [-0.39, 0.29) is 0 Å². The molecule has 1 aliphatic rings. The Kier molecular flexibility index (Phi) is 1.82. The molecule has 1 rings (SSSR count). The lowest BCUT2D eigenvalue weighted by Gasteiger charge is -2.22. The van der Waals surface area contributed by atoms with Crippen LogP contribution in [-0.4, -0.2) is 30.0 Å². The summed E-state index contributed by atoms with van der Waals surface area (Å²) < 4.78 is 0. The van der Waals surface area contributed by atoms with E-state index in [0.29, 0.717) is 6.04 Å². The van der Waals surface area contributed by atoms with Crippen LogP contribution >= 0.6 is 0 Å². The van der Waals surface area contributed by atoms with Gasteiger partial charge < -0.3 is 4.90 Å². The van der Waals surface area contributed by atoms with Gasteiger partial charge in [-0.1, -0.05) is 0 Å². The molecule has 0 fully saturated rings. The first-order valence-corrected chi connectivity index (χ1v) is 3.11. The molecule has 0 saturated carbocycles. The monoisotopic (exact) mass is 125 g/mol. The van der Waals surface area contributed by atoms with Gasteiger partial charge in [-0.25, -0.2) is 0 Å². The summed E-state index contributed by atoms with van der Waals surface area (Å²) in [7, 11) is 0. The third-order valence-electron chi connectivity index (χ3n) is 1.30. The summed E-state index contributed by atoms with van der Waals surface area (Å²) in [6.45, 7) is 5.15. The first-order valence-electron chi connectivity index (χ1n) is 3.11. The summed E-state index contributed by atoms with van der Waals surface area (Å²) in [6.07, 6.45) is 3.57. The SMILES string of the molecule is CC(C)N1C=NN=CC1. The van der Waals surface area contributed by atoms with E-state index in [1.807, 2.05) is 0 Å². The molecule has 50 valence electrons. The van der Waals surface area contributed by atoms with Gasteiger partial charge in [-0.3, -0.25) is 0 Å². The van der Waals surface area contributed by atoms with Crippen molar-refractivity contribution in [3.63, 3.8) is 0 Å². The van der Waals surface area contributed by atoms with Crippen molar-refractivity contribution in [2.75, 3.05) is 6.54 Å². The van der Waals surface area contributed by atoms with Gasteiger partial charge in [0, 0.05) is 12.3 Å². The molecule has 0 atom stereocenters. The second-order valence-corrected chi connectivity index (χ2v) is 2.32. The summed E-state index contributed by atoms with van der Waals surface area (Å²) in [5, 5.41) is 7.46. The molecule has 0 unspecified atom stereocenters. The maximum Gasteiger partial charge on any atom is 0.114 e. The van der Waals surface area contributed by atoms with E-state index in [9.17, 15) is 0 Å². The smallest absolute Gasteiger partial charge is 0.114 e. The van der Waals surface area contributed by atoms with Gasteiger partial charge in [0.15, 0.2) is 0 Å². The zero-order valence-electron chi connectivity index (χ0n) is 5.78. The van der Waals surface area contributed by atoms with Gasteiger partial charge in [0.1, 0.15) is 6.34 Å². The molecule has 0 aromatic carbocycles. The van der Waals surface area contributed by atoms with Gasteiger partial charge in [0.2, 0.25) is 0 Å². The number of rotatable bonds is 1. The van der Waals surface area contributed by atoms with Crippen molar-refractivity contribution in [3.05, 3.63) is 0 Å². The van der Waals surface area contributed by atoms with Gasteiger partial charge in [-0.15, -0.1) is 5.10 Å². The highest BCUT2D eigenvalue weighted by molar-refractivity contribution is 5.69. The highest BCUT2D eigenvalue weighted by Crippen LogP contribution is 1.95. The van der Waals surface area contributed by atoms with Gasteiger partial charge >= 0.3 is 0 Å². The molecule has 0 aromatic heterocycles. The van der Waals surface area contributed by atoms with Crippen molar-refractivity contribution >= 4 is 12.6 Å². The van der Waals surface area contributed by atoms with E-state index in [1.54, 1.807) is 12.6 Å².